The van der Waals surface area contributed by atoms with E-state index in [1.54, 1.807) is 30.3 Å². The van der Waals surface area contributed by atoms with E-state index in [0.29, 0.717) is 84.1 Å². The number of hydrogen-bond acceptors (Lipinski definition) is 14. The summed E-state index contributed by atoms with van der Waals surface area (Å²) >= 11 is 12.3. The van der Waals surface area contributed by atoms with Crippen LogP contribution in [0, 0.1) is 11.3 Å². The maximum Gasteiger partial charge on any atom is 0.264 e. The normalized spacial score (nSPS) is 20.0. The Morgan fingerprint density at radius 2 is 1.64 bits per heavy atom. The summed E-state index contributed by atoms with van der Waals surface area (Å²) in [6.45, 7) is 8.75. The number of nitrogens with zero attached hydrogens (tertiary/aromatic N) is 7. The highest BCUT2D eigenvalue weighted by Crippen LogP contribution is 2.40. The molecule has 4 saturated heterocycles. The van der Waals surface area contributed by atoms with E-state index >= 15 is 0 Å². The molecule has 1 aromatic heterocycles. The molecular formula is C47H49Cl2N9O8S. The van der Waals surface area contributed by atoms with Crippen molar-refractivity contribution in [2.45, 2.75) is 74.9 Å². The van der Waals surface area contributed by atoms with Crippen molar-refractivity contribution in [3.63, 3.8) is 0 Å². The number of likely N-dealkylation sites (tertiary alicyclic amines) is 2. The summed E-state index contributed by atoms with van der Waals surface area (Å²) < 4.78 is 41.3. The molecule has 0 bridgehead atoms. The molecule has 9 rings (SSSR count). The lowest BCUT2D eigenvalue weighted by atomic mass is 9.77. The van der Waals surface area contributed by atoms with Crippen LogP contribution >= 0.6 is 23.2 Å². The number of carbonyl (C=O) groups is 4. The number of ether oxygens (including phenoxy) is 2. The molecular weight excluding hydrogens is 922 g/mol. The number of rotatable bonds is 15. The van der Waals surface area contributed by atoms with Gasteiger partial charge in [-0.1, -0.05) is 43.6 Å². The third kappa shape index (κ3) is 9.15. The van der Waals surface area contributed by atoms with Crippen molar-refractivity contribution >= 4 is 68.5 Å². The fraction of sp³-hybridized carbons (Fsp3) is 0.426. The summed E-state index contributed by atoms with van der Waals surface area (Å²) in [6, 6.07) is 19.7. The minimum Gasteiger partial charge on any atom is -0.489 e. The molecule has 5 aliphatic rings. The molecule has 4 aromatic rings. The third-order valence-corrected chi connectivity index (χ3v) is 15.9. The number of halogens is 2. The number of imide groups is 2. The van der Waals surface area contributed by atoms with E-state index in [0.717, 1.165) is 29.1 Å². The van der Waals surface area contributed by atoms with Gasteiger partial charge in [0.15, 0.2) is 5.75 Å². The number of benzene rings is 3. The first-order valence-corrected chi connectivity index (χ1v) is 24.7. The Morgan fingerprint density at radius 1 is 0.910 bits per heavy atom. The van der Waals surface area contributed by atoms with Crippen molar-refractivity contribution in [2.75, 3.05) is 61.4 Å². The number of nitrogens with one attached hydrogen (secondary N) is 2. The molecule has 1 unspecified atom stereocenters. The fourth-order valence-corrected chi connectivity index (χ4v) is 11.3. The van der Waals surface area contributed by atoms with Gasteiger partial charge in [-0.25, -0.2) is 18.4 Å². The van der Waals surface area contributed by atoms with Gasteiger partial charge >= 0.3 is 0 Å². The first kappa shape index (κ1) is 46.3. The van der Waals surface area contributed by atoms with E-state index in [1.807, 2.05) is 44.2 Å². The highest BCUT2D eigenvalue weighted by molar-refractivity contribution is 7.93. The van der Waals surface area contributed by atoms with Gasteiger partial charge in [-0.05, 0) is 85.9 Å². The van der Waals surface area contributed by atoms with Crippen molar-refractivity contribution in [3.05, 3.63) is 105 Å². The number of aromatic nitrogens is 2. The SMILES string of the molecule is CC(C)(c1ccc(OCc2ccnc(NS(=O)(=O)C3CCN(C4CN(C5CN(c6cccc7c6C(=O)N(C6CCC(=O)NC6=O)C7=O)C5)C4)CC3)n2)cc1)c1cc(Cl)c(OCCCl)c(C#N)c1. The standard InChI is InChI=1S/C47H49Cl2N9O8S/c1-47(2,30-20-28(22-50)42(37(49)21-30)65-19-15-48)29-6-8-34(9-7-29)66-27-31-12-16-51-46(52-31)54-67(63,64)35-13-17-55(18-14-35)32-23-56(24-32)33-25-57(26-33)38-5-3-4-36-41(38)45(62)58(44(36)61)39-10-11-40(59)53-43(39)60/h3-9,12,16,20-21,32-33,35,39H,10-11,13-15,17-19,23-27H2,1-2H3,(H,51,52,54)(H,53,59,60). The van der Waals surface area contributed by atoms with Gasteiger partial charge in [-0.3, -0.25) is 43.9 Å². The number of nitriles is 1. The maximum atomic E-state index is 13.6. The minimum absolute atomic E-state index is 0.0117. The third-order valence-electron chi connectivity index (χ3n) is 13.6. The molecule has 67 heavy (non-hydrogen) atoms. The van der Waals surface area contributed by atoms with Crippen LogP contribution in [0.2, 0.25) is 5.02 Å². The number of hydrogen-bond donors (Lipinski definition) is 2. The van der Waals surface area contributed by atoms with Crippen molar-refractivity contribution in [1.29, 1.82) is 5.26 Å². The predicted molar refractivity (Wildman–Crippen MR) is 249 cm³/mol. The van der Waals surface area contributed by atoms with Crippen molar-refractivity contribution in [2.24, 2.45) is 0 Å². The molecule has 2 N–H and O–H groups in total. The second kappa shape index (κ2) is 18.7. The lowest BCUT2D eigenvalue weighted by Crippen LogP contribution is -2.70. The maximum absolute atomic E-state index is 13.6. The Bertz CT molecular complexity index is 2770. The zero-order valence-corrected chi connectivity index (χ0v) is 39.2. The van der Waals surface area contributed by atoms with Gasteiger partial charge in [0.25, 0.3) is 11.8 Å². The first-order valence-electron chi connectivity index (χ1n) is 22.2. The fourth-order valence-electron chi connectivity index (χ4n) is 9.56. The molecule has 0 spiro atoms. The topological polar surface area (TPSA) is 207 Å². The monoisotopic (exact) mass is 969 g/mol. The van der Waals surface area contributed by atoms with E-state index in [4.69, 9.17) is 32.7 Å². The molecule has 6 heterocycles. The minimum atomic E-state index is -3.77. The van der Waals surface area contributed by atoms with Crippen molar-refractivity contribution < 1.29 is 37.1 Å². The van der Waals surface area contributed by atoms with Gasteiger partial charge < -0.3 is 14.4 Å². The summed E-state index contributed by atoms with van der Waals surface area (Å²) in [5.74, 6) is -0.919. The number of anilines is 2. The largest absolute Gasteiger partial charge is 0.489 e. The molecule has 17 nitrogen and oxygen atoms in total. The number of alkyl halides is 1. The smallest absolute Gasteiger partial charge is 0.264 e. The average molecular weight is 971 g/mol. The summed E-state index contributed by atoms with van der Waals surface area (Å²) in [5.41, 5.74) is 3.36. The lowest BCUT2D eigenvalue weighted by Gasteiger charge is -2.55. The predicted octanol–water partition coefficient (Wildman–Crippen LogP) is 4.70. The number of fused-ring (bicyclic) bond motifs is 1. The van der Waals surface area contributed by atoms with Crippen molar-refractivity contribution in [3.8, 4) is 17.6 Å². The summed E-state index contributed by atoms with van der Waals surface area (Å²) in [6.07, 6.45) is 2.61. The van der Waals surface area contributed by atoms with Crippen LogP contribution in [-0.2, 0) is 31.6 Å². The molecule has 350 valence electrons. The van der Waals surface area contributed by atoms with Crippen LogP contribution in [0.1, 0.15) is 82.6 Å². The molecule has 0 radical (unpaired) electrons. The Hall–Kier alpha value is -5.84. The van der Waals surface area contributed by atoms with Crippen LogP contribution in [0.4, 0.5) is 11.6 Å². The second-order valence-corrected chi connectivity index (χ2v) is 20.7. The average Bonchev–Trinajstić information content (AvgIpc) is 3.54. The Kier molecular flexibility index (Phi) is 12.9. The summed E-state index contributed by atoms with van der Waals surface area (Å²) in [7, 11) is -3.77. The second-order valence-electron chi connectivity index (χ2n) is 18.0. The number of piperidine rings is 2. The van der Waals surface area contributed by atoms with Crippen LogP contribution < -0.4 is 24.4 Å². The molecule has 0 saturated carbocycles. The van der Waals surface area contributed by atoms with Crippen LogP contribution in [0.15, 0.2) is 66.9 Å². The van der Waals surface area contributed by atoms with Crippen LogP contribution in [-0.4, -0.2) is 132 Å². The number of carbonyl (C=O) groups excluding carboxylic acids is 4. The van der Waals surface area contributed by atoms with Gasteiger partial charge in [0.2, 0.25) is 27.8 Å². The van der Waals surface area contributed by atoms with Gasteiger partial charge in [0.1, 0.15) is 31.1 Å². The van der Waals surface area contributed by atoms with Gasteiger partial charge in [0, 0.05) is 56.3 Å². The summed E-state index contributed by atoms with van der Waals surface area (Å²) in [5, 5.41) is 11.7. The zero-order valence-electron chi connectivity index (χ0n) is 36.9. The van der Waals surface area contributed by atoms with Gasteiger partial charge in [0.05, 0.1) is 44.2 Å². The zero-order chi connectivity index (χ0) is 47.2. The summed E-state index contributed by atoms with van der Waals surface area (Å²) in [4.78, 5) is 67.6. The van der Waals surface area contributed by atoms with Crippen LogP contribution in [0.3, 0.4) is 0 Å². The molecule has 20 heteroatoms. The van der Waals surface area contributed by atoms with Gasteiger partial charge in [-0.2, -0.15) is 5.26 Å². The molecule has 4 fully saturated rings. The molecule has 4 amide bonds. The van der Waals surface area contributed by atoms with Gasteiger partial charge in [-0.15, -0.1) is 11.6 Å². The molecule has 0 aliphatic carbocycles. The number of sulfonamides is 1. The van der Waals surface area contributed by atoms with Crippen LogP contribution in [0.5, 0.6) is 11.5 Å². The highest BCUT2D eigenvalue weighted by Gasteiger charge is 2.48. The molecule has 1 atom stereocenters. The first-order chi connectivity index (χ1) is 32.1. The lowest BCUT2D eigenvalue weighted by molar-refractivity contribution is -0.136. The Labute approximate surface area is 398 Å². The van der Waals surface area contributed by atoms with Crippen molar-refractivity contribution in [1.82, 2.24) is 30.0 Å². The van der Waals surface area contributed by atoms with E-state index < -0.39 is 50.4 Å². The quantitative estimate of drug-likeness (QED) is 0.122. The highest BCUT2D eigenvalue weighted by atomic mass is 35.5. The van der Waals surface area contributed by atoms with E-state index in [2.05, 4.69) is 40.8 Å². The van der Waals surface area contributed by atoms with E-state index in [9.17, 15) is 32.9 Å². The molecule has 3 aromatic carbocycles. The Balaban J connectivity index is 0.725. The molecule has 5 aliphatic heterocycles. The Morgan fingerprint density at radius 3 is 2.34 bits per heavy atom. The van der Waals surface area contributed by atoms with E-state index in [1.165, 1.54) is 6.20 Å². The van der Waals surface area contributed by atoms with Crippen LogP contribution in [0.25, 0.3) is 0 Å². The van der Waals surface area contributed by atoms with E-state index in [-0.39, 0.29) is 49.5 Å². The number of amides is 4.